The highest BCUT2D eigenvalue weighted by molar-refractivity contribution is 6.35. The molecule has 10 heteroatoms. The summed E-state index contributed by atoms with van der Waals surface area (Å²) in [5.41, 5.74) is 4.05. The Hall–Kier alpha value is -2.03. The zero-order chi connectivity index (χ0) is 18.1. The Morgan fingerprint density at radius 1 is 1.17 bits per heavy atom. The molecule has 0 aromatic heterocycles. The fourth-order valence-electron chi connectivity index (χ4n) is 1.44. The summed E-state index contributed by atoms with van der Waals surface area (Å²) < 4.78 is 10.1. The van der Waals surface area contributed by atoms with Gasteiger partial charge in [-0.3, -0.25) is 25.2 Å². The van der Waals surface area contributed by atoms with Gasteiger partial charge in [-0.1, -0.05) is 23.2 Å². The van der Waals surface area contributed by atoms with Gasteiger partial charge >= 0.3 is 11.8 Å². The molecule has 0 saturated heterocycles. The molecule has 3 N–H and O–H groups in total. The van der Waals surface area contributed by atoms with Gasteiger partial charge in [0.15, 0.2) is 6.10 Å². The van der Waals surface area contributed by atoms with Crippen molar-refractivity contribution in [1.29, 1.82) is 0 Å². The molecule has 0 unspecified atom stereocenters. The Kier molecular flexibility index (Phi) is 8.31. The third-order valence-corrected chi connectivity index (χ3v) is 3.19. The molecule has 3 amide bonds. The molecule has 0 spiro atoms. The summed E-state index contributed by atoms with van der Waals surface area (Å²) in [5, 5.41) is 2.97. The molecular weight excluding hydrogens is 361 g/mol. The van der Waals surface area contributed by atoms with Crippen LogP contribution in [0.2, 0.25) is 10.0 Å². The molecule has 0 aliphatic carbocycles. The van der Waals surface area contributed by atoms with Crippen LogP contribution < -0.4 is 20.9 Å². The van der Waals surface area contributed by atoms with Gasteiger partial charge in [0.05, 0.1) is 11.6 Å². The molecule has 0 radical (unpaired) electrons. The van der Waals surface area contributed by atoms with Crippen molar-refractivity contribution in [3.8, 4) is 5.75 Å². The van der Waals surface area contributed by atoms with E-state index >= 15 is 0 Å². The molecule has 1 rings (SSSR count). The number of nitrogens with one attached hydrogen (secondary N) is 3. The maximum atomic E-state index is 11.8. The van der Waals surface area contributed by atoms with Crippen molar-refractivity contribution in [2.45, 2.75) is 13.0 Å². The Bertz CT molecular complexity index is 612. The highest BCUT2D eigenvalue weighted by Gasteiger charge is 2.19. The summed E-state index contributed by atoms with van der Waals surface area (Å²) in [5.74, 6) is -2.33. The Morgan fingerprint density at radius 2 is 1.88 bits per heavy atom. The molecule has 1 aromatic rings. The molecule has 0 aliphatic heterocycles. The van der Waals surface area contributed by atoms with Gasteiger partial charge in [-0.15, -0.1) is 0 Å². The summed E-state index contributed by atoms with van der Waals surface area (Å²) >= 11 is 11.7. The first-order valence-corrected chi connectivity index (χ1v) is 7.59. The van der Waals surface area contributed by atoms with E-state index in [0.717, 1.165) is 0 Å². The standard InChI is InChI=1S/C14H17Cl2N3O5/c1-8(24-11-4-3-9(15)7-10(11)16)12(20)18-19-14(22)13(21)17-5-6-23-2/h3-4,7-8H,5-6H2,1-2H3,(H,17,21)(H,18,20)(H,19,22)/t8-/m1/s1. The highest BCUT2D eigenvalue weighted by Crippen LogP contribution is 2.28. The van der Waals surface area contributed by atoms with E-state index in [0.29, 0.717) is 5.02 Å². The minimum absolute atomic E-state index is 0.172. The molecule has 0 heterocycles. The van der Waals surface area contributed by atoms with E-state index in [1.807, 2.05) is 5.43 Å². The Morgan fingerprint density at radius 3 is 2.50 bits per heavy atom. The number of hydrazine groups is 1. The first-order chi connectivity index (χ1) is 11.3. The van der Waals surface area contributed by atoms with Gasteiger partial charge in [-0.25, -0.2) is 0 Å². The van der Waals surface area contributed by atoms with Gasteiger partial charge in [0.2, 0.25) is 0 Å². The van der Waals surface area contributed by atoms with Crippen molar-refractivity contribution in [3.05, 3.63) is 28.2 Å². The molecule has 0 saturated carbocycles. The lowest BCUT2D eigenvalue weighted by molar-refractivity contribution is -0.141. The number of ether oxygens (including phenoxy) is 2. The van der Waals surface area contributed by atoms with E-state index in [4.69, 9.17) is 32.7 Å². The summed E-state index contributed by atoms with van der Waals surface area (Å²) in [6, 6.07) is 4.53. The predicted octanol–water partition coefficient (Wildman–Crippen LogP) is 0.671. The lowest BCUT2D eigenvalue weighted by Gasteiger charge is -2.16. The molecule has 1 aromatic carbocycles. The number of methoxy groups -OCH3 is 1. The average Bonchev–Trinajstić information content (AvgIpc) is 2.54. The zero-order valence-electron chi connectivity index (χ0n) is 13.0. The maximum absolute atomic E-state index is 11.8. The van der Waals surface area contributed by atoms with Crippen LogP contribution in [0, 0.1) is 0 Å². The number of benzene rings is 1. The van der Waals surface area contributed by atoms with E-state index in [1.165, 1.54) is 26.2 Å². The summed E-state index contributed by atoms with van der Waals surface area (Å²) in [7, 11) is 1.46. The van der Waals surface area contributed by atoms with Crippen LogP contribution >= 0.6 is 23.2 Å². The van der Waals surface area contributed by atoms with E-state index in [9.17, 15) is 14.4 Å². The van der Waals surface area contributed by atoms with Gasteiger partial charge in [0.1, 0.15) is 5.75 Å². The predicted molar refractivity (Wildman–Crippen MR) is 87.7 cm³/mol. The fraction of sp³-hybridized carbons (Fsp3) is 0.357. The number of rotatable bonds is 6. The van der Waals surface area contributed by atoms with Crippen molar-refractivity contribution < 1.29 is 23.9 Å². The highest BCUT2D eigenvalue weighted by atomic mass is 35.5. The minimum atomic E-state index is -1.02. The fourth-order valence-corrected chi connectivity index (χ4v) is 1.89. The molecule has 24 heavy (non-hydrogen) atoms. The van der Waals surface area contributed by atoms with Crippen LogP contribution in [0.1, 0.15) is 6.92 Å². The lowest BCUT2D eigenvalue weighted by atomic mass is 10.3. The maximum Gasteiger partial charge on any atom is 0.327 e. The third-order valence-electron chi connectivity index (χ3n) is 2.66. The molecule has 8 nitrogen and oxygen atoms in total. The number of carbonyl (C=O) groups excluding carboxylic acids is 3. The van der Waals surface area contributed by atoms with Gasteiger partial charge in [0.25, 0.3) is 5.91 Å². The largest absolute Gasteiger partial charge is 0.479 e. The average molecular weight is 378 g/mol. The quantitative estimate of drug-likeness (QED) is 0.383. The third kappa shape index (κ3) is 6.61. The topological polar surface area (TPSA) is 106 Å². The van der Waals surface area contributed by atoms with Crippen LogP contribution in [0.4, 0.5) is 0 Å². The summed E-state index contributed by atoms with van der Waals surface area (Å²) in [6.07, 6.45) is -0.972. The van der Waals surface area contributed by atoms with Crippen LogP contribution in [-0.2, 0) is 19.1 Å². The van der Waals surface area contributed by atoms with Crippen LogP contribution in [0.25, 0.3) is 0 Å². The van der Waals surface area contributed by atoms with Crippen LogP contribution in [0.15, 0.2) is 18.2 Å². The monoisotopic (exact) mass is 377 g/mol. The molecule has 1 atom stereocenters. The van der Waals surface area contributed by atoms with Crippen molar-refractivity contribution in [2.75, 3.05) is 20.3 Å². The second-order valence-corrected chi connectivity index (χ2v) is 5.37. The number of amides is 3. The first-order valence-electron chi connectivity index (χ1n) is 6.83. The van der Waals surface area contributed by atoms with E-state index in [-0.39, 0.29) is 23.9 Å². The van der Waals surface area contributed by atoms with E-state index < -0.39 is 23.8 Å². The van der Waals surface area contributed by atoms with Crippen molar-refractivity contribution in [3.63, 3.8) is 0 Å². The molecule has 0 aliphatic rings. The molecule has 0 fully saturated rings. The SMILES string of the molecule is COCCNC(=O)C(=O)NNC(=O)[C@@H](C)Oc1ccc(Cl)cc1Cl. The minimum Gasteiger partial charge on any atom is -0.479 e. The summed E-state index contributed by atoms with van der Waals surface area (Å²) in [6.45, 7) is 1.88. The molecule has 132 valence electrons. The smallest absolute Gasteiger partial charge is 0.327 e. The molecule has 0 bridgehead atoms. The van der Waals surface area contributed by atoms with Gasteiger partial charge in [-0.2, -0.15) is 0 Å². The Labute approximate surface area is 148 Å². The Balaban J connectivity index is 2.43. The van der Waals surface area contributed by atoms with E-state index in [2.05, 4.69) is 10.7 Å². The number of hydrogen-bond donors (Lipinski definition) is 3. The lowest BCUT2D eigenvalue weighted by Crippen LogP contribution is -2.51. The normalized spacial score (nSPS) is 11.3. The van der Waals surface area contributed by atoms with Crippen molar-refractivity contribution >= 4 is 40.9 Å². The second kappa shape index (κ2) is 9.96. The van der Waals surface area contributed by atoms with Crippen LogP contribution in [-0.4, -0.2) is 44.1 Å². The van der Waals surface area contributed by atoms with E-state index in [1.54, 1.807) is 6.07 Å². The van der Waals surface area contributed by atoms with Crippen molar-refractivity contribution in [1.82, 2.24) is 16.2 Å². The molecular formula is C14H17Cl2N3O5. The van der Waals surface area contributed by atoms with Crippen molar-refractivity contribution in [2.24, 2.45) is 0 Å². The zero-order valence-corrected chi connectivity index (χ0v) is 14.5. The van der Waals surface area contributed by atoms with Crippen LogP contribution in [0.5, 0.6) is 5.75 Å². The number of halogens is 2. The van der Waals surface area contributed by atoms with Gasteiger partial charge in [-0.05, 0) is 25.1 Å². The second-order valence-electron chi connectivity index (χ2n) is 4.53. The van der Waals surface area contributed by atoms with Gasteiger partial charge in [0, 0.05) is 18.7 Å². The van der Waals surface area contributed by atoms with Gasteiger partial charge < -0.3 is 14.8 Å². The number of carbonyl (C=O) groups is 3. The first kappa shape index (κ1) is 20.0. The summed E-state index contributed by atoms with van der Waals surface area (Å²) in [4.78, 5) is 34.7. The van der Waals surface area contributed by atoms with Crippen LogP contribution in [0.3, 0.4) is 0 Å². The number of hydrogen-bond acceptors (Lipinski definition) is 5.